The van der Waals surface area contributed by atoms with Gasteiger partial charge in [-0.2, -0.15) is 0 Å². The quantitative estimate of drug-likeness (QED) is 0.452. The van der Waals surface area contributed by atoms with Crippen molar-refractivity contribution in [2.24, 2.45) is 0 Å². The highest BCUT2D eigenvalue weighted by Crippen LogP contribution is 2.14. The van der Waals surface area contributed by atoms with Gasteiger partial charge in [-0.15, -0.1) is 12.6 Å². The molecule has 2 N–H and O–H groups in total. The lowest BCUT2D eigenvalue weighted by molar-refractivity contribution is 0.0683. The van der Waals surface area contributed by atoms with E-state index in [0.717, 1.165) is 0 Å². The van der Waals surface area contributed by atoms with E-state index >= 15 is 0 Å². The number of carboxylic acid groups (broad SMARTS) is 1. The topological polar surface area (TPSA) is 91.8 Å². The van der Waals surface area contributed by atoms with Crippen LogP contribution in [0.1, 0.15) is 10.6 Å². The molecule has 13 heavy (non-hydrogen) atoms. The number of nitrogens with one attached hydrogen (secondary N) is 1. The molecule has 0 radical (unpaired) electrons. The Morgan fingerprint density at radius 1 is 1.54 bits per heavy atom. The van der Waals surface area contributed by atoms with Crippen LogP contribution in [0.3, 0.4) is 0 Å². The van der Waals surface area contributed by atoms with Gasteiger partial charge < -0.3 is 10.1 Å². The average molecular weight is 196 g/mol. The number of aromatic amines is 1. The lowest BCUT2D eigenvalue weighted by atomic mass is 10.5. The summed E-state index contributed by atoms with van der Waals surface area (Å²) in [6, 6.07) is 0. The number of aromatic carboxylic acids is 1. The molecule has 2 aromatic rings. The summed E-state index contributed by atoms with van der Waals surface area (Å²) in [6.07, 6.45) is 1.41. The van der Waals surface area contributed by atoms with Gasteiger partial charge in [-0.3, -0.25) is 0 Å². The Morgan fingerprint density at radius 2 is 2.31 bits per heavy atom. The zero-order chi connectivity index (χ0) is 9.42. The number of H-pyrrole nitrogens is 1. The van der Waals surface area contributed by atoms with Crippen LogP contribution in [-0.4, -0.2) is 31.0 Å². The summed E-state index contributed by atoms with van der Waals surface area (Å²) in [7, 11) is 0. The normalized spacial score (nSPS) is 10.5. The van der Waals surface area contributed by atoms with Crippen molar-refractivity contribution in [1.29, 1.82) is 0 Å². The number of imidazole rings is 1. The lowest BCUT2D eigenvalue weighted by Gasteiger charge is -1.95. The van der Waals surface area contributed by atoms with Crippen LogP contribution in [0.4, 0.5) is 0 Å². The molecule has 2 rings (SSSR count). The van der Waals surface area contributed by atoms with Crippen LogP contribution in [0.25, 0.3) is 11.2 Å². The van der Waals surface area contributed by atoms with Crippen LogP contribution in [-0.2, 0) is 0 Å². The maximum Gasteiger partial charge on any atom is 0.374 e. The highest BCUT2D eigenvalue weighted by Gasteiger charge is 2.11. The largest absolute Gasteiger partial charge is 0.475 e. The Kier molecular flexibility index (Phi) is 1.66. The summed E-state index contributed by atoms with van der Waals surface area (Å²) in [5.41, 5.74) is 0.839. The molecule has 0 atom stereocenters. The molecule has 0 unspecified atom stereocenters. The summed E-state index contributed by atoms with van der Waals surface area (Å²) < 4.78 is 0. The number of carbonyl (C=O) groups is 1. The van der Waals surface area contributed by atoms with E-state index in [9.17, 15) is 4.79 Å². The first kappa shape index (κ1) is 7.99. The number of aromatic nitrogens is 4. The van der Waals surface area contributed by atoms with Crippen LogP contribution in [0.15, 0.2) is 11.4 Å². The first-order valence-electron chi connectivity index (χ1n) is 3.32. The fourth-order valence-corrected chi connectivity index (χ4v) is 1.17. The van der Waals surface area contributed by atoms with Crippen molar-refractivity contribution in [3.63, 3.8) is 0 Å². The maximum absolute atomic E-state index is 10.5. The van der Waals surface area contributed by atoms with Gasteiger partial charge in [0.1, 0.15) is 10.5 Å². The predicted octanol–water partition coefficient (Wildman–Crippen LogP) is 0.340. The van der Waals surface area contributed by atoms with Crippen LogP contribution in [0.5, 0.6) is 0 Å². The monoisotopic (exact) mass is 196 g/mol. The van der Waals surface area contributed by atoms with Gasteiger partial charge in [0.25, 0.3) is 0 Å². The number of carboxylic acids is 1. The molecule has 6 nitrogen and oxygen atoms in total. The van der Waals surface area contributed by atoms with Crippen molar-refractivity contribution in [2.75, 3.05) is 0 Å². The molecule has 66 valence electrons. The van der Waals surface area contributed by atoms with Crippen molar-refractivity contribution < 1.29 is 9.90 Å². The standard InChI is InChI=1S/C6H4N4O2S/c11-6(12)4-9-3-2(5(13)10-4)7-1-8-3/h1H,(H,11,12)(H2,7,8,9,10,13). The molecule has 7 heteroatoms. The molecule has 0 aliphatic heterocycles. The van der Waals surface area contributed by atoms with Crippen LogP contribution < -0.4 is 0 Å². The summed E-state index contributed by atoms with van der Waals surface area (Å²) in [5.74, 6) is -1.50. The number of nitrogens with zero attached hydrogens (tertiary/aromatic N) is 3. The van der Waals surface area contributed by atoms with Gasteiger partial charge in [0.2, 0.25) is 5.82 Å². The van der Waals surface area contributed by atoms with E-state index in [1.165, 1.54) is 6.33 Å². The van der Waals surface area contributed by atoms with Gasteiger partial charge in [-0.25, -0.2) is 19.7 Å². The van der Waals surface area contributed by atoms with Gasteiger partial charge in [-0.05, 0) is 0 Å². The van der Waals surface area contributed by atoms with E-state index < -0.39 is 5.97 Å². The van der Waals surface area contributed by atoms with Gasteiger partial charge in [-0.1, -0.05) is 0 Å². The molecule has 0 saturated heterocycles. The number of hydrogen-bond acceptors (Lipinski definition) is 5. The SMILES string of the molecule is O=C(O)c1nc(S)c2[nH]cnc2n1. The Bertz CT molecular complexity index is 480. The minimum Gasteiger partial charge on any atom is -0.475 e. The fourth-order valence-electron chi connectivity index (χ4n) is 0.914. The van der Waals surface area contributed by atoms with Gasteiger partial charge in [0, 0.05) is 0 Å². The molecule has 2 heterocycles. The van der Waals surface area contributed by atoms with Crippen molar-refractivity contribution in [2.45, 2.75) is 5.03 Å². The highest BCUT2D eigenvalue weighted by atomic mass is 32.1. The molecule has 0 bridgehead atoms. The highest BCUT2D eigenvalue weighted by molar-refractivity contribution is 7.80. The summed E-state index contributed by atoms with van der Waals surface area (Å²) >= 11 is 4.00. The fraction of sp³-hybridized carbons (Fsp3) is 0. The molecule has 0 aliphatic carbocycles. The molecule has 0 saturated carbocycles. The number of rotatable bonds is 1. The Hall–Kier alpha value is -1.63. The second kappa shape index (κ2) is 2.70. The molecule has 0 fully saturated rings. The zero-order valence-corrected chi connectivity index (χ0v) is 7.12. The molecule has 0 amide bonds. The first-order chi connectivity index (χ1) is 6.18. The molecular weight excluding hydrogens is 192 g/mol. The van der Waals surface area contributed by atoms with E-state index in [2.05, 4.69) is 32.6 Å². The van der Waals surface area contributed by atoms with E-state index in [4.69, 9.17) is 5.11 Å². The Labute approximate surface area is 77.5 Å². The molecule has 0 aromatic carbocycles. The third-order valence-electron chi connectivity index (χ3n) is 1.46. The number of hydrogen-bond donors (Lipinski definition) is 3. The van der Waals surface area contributed by atoms with E-state index in [0.29, 0.717) is 11.2 Å². The van der Waals surface area contributed by atoms with E-state index in [1.54, 1.807) is 0 Å². The Balaban J connectivity index is 2.77. The van der Waals surface area contributed by atoms with Crippen molar-refractivity contribution >= 4 is 29.8 Å². The van der Waals surface area contributed by atoms with Crippen molar-refractivity contribution in [3.8, 4) is 0 Å². The Morgan fingerprint density at radius 3 is 3.00 bits per heavy atom. The third-order valence-corrected chi connectivity index (χ3v) is 1.78. The summed E-state index contributed by atoms with van der Waals surface area (Å²) in [4.78, 5) is 24.4. The predicted molar refractivity (Wildman–Crippen MR) is 45.9 cm³/mol. The number of thiol groups is 1. The second-order valence-corrected chi connectivity index (χ2v) is 2.70. The molecule has 2 aromatic heterocycles. The van der Waals surface area contributed by atoms with Crippen LogP contribution in [0.2, 0.25) is 0 Å². The van der Waals surface area contributed by atoms with Crippen molar-refractivity contribution in [1.82, 2.24) is 19.9 Å². The van der Waals surface area contributed by atoms with Gasteiger partial charge in [0.05, 0.1) is 6.33 Å². The summed E-state index contributed by atoms with van der Waals surface area (Å²) in [6.45, 7) is 0. The smallest absolute Gasteiger partial charge is 0.374 e. The van der Waals surface area contributed by atoms with Crippen LogP contribution in [0, 0.1) is 0 Å². The second-order valence-electron chi connectivity index (χ2n) is 2.28. The van der Waals surface area contributed by atoms with Crippen LogP contribution >= 0.6 is 12.6 Å². The molecular formula is C6H4N4O2S. The minimum atomic E-state index is -1.19. The molecule has 0 aliphatic rings. The van der Waals surface area contributed by atoms with Crippen molar-refractivity contribution in [3.05, 3.63) is 12.2 Å². The minimum absolute atomic E-state index is 0.278. The zero-order valence-electron chi connectivity index (χ0n) is 6.22. The lowest BCUT2D eigenvalue weighted by Crippen LogP contribution is -2.04. The molecule has 0 spiro atoms. The summed E-state index contributed by atoms with van der Waals surface area (Å²) in [5, 5.41) is 8.89. The van der Waals surface area contributed by atoms with Gasteiger partial charge >= 0.3 is 5.97 Å². The maximum atomic E-state index is 10.5. The van der Waals surface area contributed by atoms with E-state index in [1.807, 2.05) is 0 Å². The third kappa shape index (κ3) is 1.22. The van der Waals surface area contributed by atoms with E-state index in [-0.39, 0.29) is 10.9 Å². The number of fused-ring (bicyclic) bond motifs is 1. The van der Waals surface area contributed by atoms with Gasteiger partial charge in [0.15, 0.2) is 5.65 Å². The average Bonchev–Trinajstić information content (AvgIpc) is 2.51. The first-order valence-corrected chi connectivity index (χ1v) is 3.76.